The summed E-state index contributed by atoms with van der Waals surface area (Å²) in [6, 6.07) is 1.27. The summed E-state index contributed by atoms with van der Waals surface area (Å²) >= 11 is 0. The highest BCUT2D eigenvalue weighted by Crippen LogP contribution is 2.33. The maximum atomic E-state index is 10.9. The Morgan fingerprint density at radius 2 is 1.94 bits per heavy atom. The van der Waals surface area contributed by atoms with Gasteiger partial charge in [-0.25, -0.2) is 0 Å². The number of hydrogen-bond acceptors (Lipinski definition) is 3. The quantitative estimate of drug-likeness (QED) is 0.748. The zero-order valence-corrected chi connectivity index (χ0v) is 11.0. The summed E-state index contributed by atoms with van der Waals surface area (Å²) in [6.07, 6.45) is 6.77. The second-order valence-electron chi connectivity index (χ2n) is 6.43. The lowest BCUT2D eigenvalue weighted by Crippen LogP contribution is -2.50. The van der Waals surface area contributed by atoms with Gasteiger partial charge in [0.25, 0.3) is 0 Å². The third-order valence-corrected chi connectivity index (χ3v) is 4.48. The number of carboxylic acid groups (broad SMARTS) is 1. The zero-order chi connectivity index (χ0) is 12.5. The maximum absolute atomic E-state index is 10.9. The molecule has 0 radical (unpaired) electrons. The van der Waals surface area contributed by atoms with E-state index in [0.717, 1.165) is 38.0 Å². The number of carboxylic acids is 1. The number of rotatable bonds is 6. The number of piperidine rings is 1. The number of carbonyl (C=O) groups is 1. The normalized spacial score (nSPS) is 33.6. The molecule has 2 atom stereocenters. The molecule has 0 bridgehead atoms. The van der Waals surface area contributed by atoms with Gasteiger partial charge in [-0.15, -0.1) is 0 Å². The van der Waals surface area contributed by atoms with Crippen molar-refractivity contribution in [3.63, 3.8) is 0 Å². The molecule has 0 aromatic heterocycles. The van der Waals surface area contributed by atoms with Crippen molar-refractivity contribution in [1.29, 1.82) is 0 Å². The van der Waals surface area contributed by atoms with Crippen LogP contribution >= 0.6 is 0 Å². The van der Waals surface area contributed by atoms with Gasteiger partial charge in [0, 0.05) is 31.6 Å². The van der Waals surface area contributed by atoms with Crippen molar-refractivity contribution in [2.45, 2.75) is 50.6 Å². The highest BCUT2D eigenvalue weighted by atomic mass is 16.4. The zero-order valence-electron chi connectivity index (χ0n) is 11.0. The lowest BCUT2D eigenvalue weighted by atomic mass is 9.91. The minimum absolute atomic E-state index is 0.338. The molecule has 1 heterocycles. The molecule has 1 aliphatic heterocycles. The van der Waals surface area contributed by atoms with Gasteiger partial charge in [0.1, 0.15) is 0 Å². The molecule has 4 heteroatoms. The van der Waals surface area contributed by atoms with E-state index in [1.807, 2.05) is 0 Å². The monoisotopic (exact) mass is 252 g/mol. The summed E-state index contributed by atoms with van der Waals surface area (Å²) < 4.78 is 0. The first-order valence-electron chi connectivity index (χ1n) is 7.40. The molecule has 2 aliphatic carbocycles. The molecular weight excluding hydrogens is 228 g/mol. The van der Waals surface area contributed by atoms with Crippen LogP contribution in [0.4, 0.5) is 0 Å². The van der Waals surface area contributed by atoms with Crippen LogP contribution < -0.4 is 5.32 Å². The molecule has 102 valence electrons. The van der Waals surface area contributed by atoms with E-state index in [9.17, 15) is 4.79 Å². The second-order valence-corrected chi connectivity index (χ2v) is 6.43. The molecule has 0 aromatic rings. The van der Waals surface area contributed by atoms with Crippen molar-refractivity contribution in [3.05, 3.63) is 0 Å². The van der Waals surface area contributed by atoms with E-state index in [1.165, 1.54) is 25.7 Å². The molecular formula is C14H24N2O2. The Bertz CT molecular complexity index is 313. The fourth-order valence-electron chi connectivity index (χ4n) is 3.18. The van der Waals surface area contributed by atoms with Crippen LogP contribution in [0.1, 0.15) is 38.5 Å². The fourth-order valence-corrected chi connectivity index (χ4v) is 3.18. The standard InChI is InChI=1S/C14H24N2O2/c17-14(18)6-11-5-12(15-7-10-1-2-10)9-16(8-11)13-3-4-13/h10-13,15H,1-9H2,(H,17,18). The van der Waals surface area contributed by atoms with Crippen LogP contribution in [0.15, 0.2) is 0 Å². The van der Waals surface area contributed by atoms with Gasteiger partial charge in [-0.05, 0) is 50.5 Å². The molecule has 2 unspecified atom stereocenters. The molecule has 0 aromatic carbocycles. The lowest BCUT2D eigenvalue weighted by Gasteiger charge is -2.38. The van der Waals surface area contributed by atoms with Crippen LogP contribution in [0.3, 0.4) is 0 Å². The largest absolute Gasteiger partial charge is 0.481 e. The SMILES string of the molecule is O=C(O)CC1CC(NCC2CC2)CN(C2CC2)C1. The first-order valence-corrected chi connectivity index (χ1v) is 7.40. The van der Waals surface area contributed by atoms with Gasteiger partial charge in [0.2, 0.25) is 0 Å². The fraction of sp³-hybridized carbons (Fsp3) is 0.929. The van der Waals surface area contributed by atoms with Crippen molar-refractivity contribution >= 4 is 5.97 Å². The third-order valence-electron chi connectivity index (χ3n) is 4.48. The van der Waals surface area contributed by atoms with Crippen LogP contribution in [-0.4, -0.2) is 47.7 Å². The minimum atomic E-state index is -0.640. The van der Waals surface area contributed by atoms with Gasteiger partial charge in [-0.2, -0.15) is 0 Å². The molecule has 1 saturated heterocycles. The second kappa shape index (κ2) is 5.17. The summed E-state index contributed by atoms with van der Waals surface area (Å²) in [5, 5.41) is 12.6. The number of nitrogens with zero attached hydrogens (tertiary/aromatic N) is 1. The summed E-state index contributed by atoms with van der Waals surface area (Å²) in [5.41, 5.74) is 0. The van der Waals surface area contributed by atoms with E-state index in [-0.39, 0.29) is 0 Å². The van der Waals surface area contributed by atoms with Crippen LogP contribution in [0.5, 0.6) is 0 Å². The van der Waals surface area contributed by atoms with E-state index in [4.69, 9.17) is 5.11 Å². The summed E-state index contributed by atoms with van der Waals surface area (Å²) in [5.74, 6) is 0.603. The van der Waals surface area contributed by atoms with Gasteiger partial charge in [0.15, 0.2) is 0 Å². The Morgan fingerprint density at radius 1 is 1.17 bits per heavy atom. The van der Waals surface area contributed by atoms with Crippen molar-refractivity contribution in [2.75, 3.05) is 19.6 Å². The van der Waals surface area contributed by atoms with Crippen molar-refractivity contribution in [3.8, 4) is 0 Å². The topological polar surface area (TPSA) is 52.6 Å². The average Bonchev–Trinajstić information content (AvgIpc) is 3.16. The molecule has 0 spiro atoms. The number of hydrogen-bond donors (Lipinski definition) is 2. The molecule has 18 heavy (non-hydrogen) atoms. The molecule has 3 rings (SSSR count). The maximum Gasteiger partial charge on any atom is 0.303 e. The van der Waals surface area contributed by atoms with Gasteiger partial charge in [-0.1, -0.05) is 0 Å². The van der Waals surface area contributed by atoms with Crippen LogP contribution in [0.25, 0.3) is 0 Å². The van der Waals surface area contributed by atoms with Gasteiger partial charge in [-0.3, -0.25) is 9.69 Å². The summed E-state index contributed by atoms with van der Waals surface area (Å²) in [6.45, 7) is 3.27. The average molecular weight is 252 g/mol. The smallest absolute Gasteiger partial charge is 0.303 e. The van der Waals surface area contributed by atoms with Crippen molar-refractivity contribution in [2.24, 2.45) is 11.8 Å². The Labute approximate surface area is 109 Å². The van der Waals surface area contributed by atoms with Gasteiger partial charge in [0.05, 0.1) is 0 Å². The summed E-state index contributed by atoms with van der Waals surface area (Å²) in [7, 11) is 0. The number of aliphatic carboxylic acids is 1. The first kappa shape index (κ1) is 12.4. The Kier molecular flexibility index (Phi) is 3.57. The lowest BCUT2D eigenvalue weighted by molar-refractivity contribution is -0.138. The van der Waals surface area contributed by atoms with E-state index in [0.29, 0.717) is 18.4 Å². The molecule has 2 N–H and O–H groups in total. The Morgan fingerprint density at radius 3 is 2.56 bits per heavy atom. The van der Waals surface area contributed by atoms with Crippen LogP contribution in [0.2, 0.25) is 0 Å². The summed E-state index contributed by atoms with van der Waals surface area (Å²) in [4.78, 5) is 13.4. The van der Waals surface area contributed by atoms with E-state index < -0.39 is 5.97 Å². The van der Waals surface area contributed by atoms with Gasteiger partial charge < -0.3 is 10.4 Å². The molecule has 2 saturated carbocycles. The highest BCUT2D eigenvalue weighted by molar-refractivity contribution is 5.67. The van der Waals surface area contributed by atoms with Crippen LogP contribution in [-0.2, 0) is 4.79 Å². The van der Waals surface area contributed by atoms with E-state index >= 15 is 0 Å². The van der Waals surface area contributed by atoms with Crippen molar-refractivity contribution in [1.82, 2.24) is 10.2 Å². The molecule has 3 fully saturated rings. The number of nitrogens with one attached hydrogen (secondary N) is 1. The van der Waals surface area contributed by atoms with Crippen molar-refractivity contribution < 1.29 is 9.90 Å². The van der Waals surface area contributed by atoms with E-state index in [2.05, 4.69) is 10.2 Å². The first-order chi connectivity index (χ1) is 8.70. The predicted octanol–water partition coefficient (Wildman–Crippen LogP) is 1.31. The molecule has 4 nitrogen and oxygen atoms in total. The Hall–Kier alpha value is -0.610. The Balaban J connectivity index is 1.52. The third kappa shape index (κ3) is 3.45. The predicted molar refractivity (Wildman–Crippen MR) is 69.5 cm³/mol. The molecule has 3 aliphatic rings. The van der Waals surface area contributed by atoms with Gasteiger partial charge >= 0.3 is 5.97 Å². The molecule has 0 amide bonds. The highest BCUT2D eigenvalue weighted by Gasteiger charge is 2.37. The number of likely N-dealkylation sites (tertiary alicyclic amines) is 1. The van der Waals surface area contributed by atoms with E-state index in [1.54, 1.807) is 0 Å². The minimum Gasteiger partial charge on any atom is -0.481 e. The van der Waals surface area contributed by atoms with Crippen LogP contribution in [0, 0.1) is 11.8 Å².